The topological polar surface area (TPSA) is 61.3 Å². The average molecular weight is 409 g/mol. The summed E-state index contributed by atoms with van der Waals surface area (Å²) in [6.45, 7) is 7.80. The van der Waals surface area contributed by atoms with Crippen molar-refractivity contribution in [3.63, 3.8) is 0 Å². The van der Waals surface area contributed by atoms with E-state index in [0.29, 0.717) is 38.1 Å². The van der Waals surface area contributed by atoms with Crippen molar-refractivity contribution in [2.45, 2.75) is 32.9 Å². The standard InChI is InChI=1S/C19H26F3N7/c1-3-8-28(9-4-2)17-24-14-25-18(26-17)29-12-10-27(11-13-29)16-15(19(20,21)22)6-5-7-23-16/h5-7,14H,3-4,8-13H2,1-2H3. The first-order valence-electron chi connectivity index (χ1n) is 9.90. The summed E-state index contributed by atoms with van der Waals surface area (Å²) in [5.41, 5.74) is -0.703. The minimum Gasteiger partial charge on any atom is -0.353 e. The summed E-state index contributed by atoms with van der Waals surface area (Å²) in [6, 6.07) is 2.39. The fourth-order valence-corrected chi connectivity index (χ4v) is 3.42. The minimum atomic E-state index is -4.42. The molecule has 3 rings (SSSR count). The molecule has 0 aromatic carbocycles. The third-order valence-electron chi connectivity index (χ3n) is 4.77. The van der Waals surface area contributed by atoms with E-state index in [2.05, 4.69) is 38.7 Å². The average Bonchev–Trinajstić information content (AvgIpc) is 2.73. The Hall–Kier alpha value is -2.65. The molecule has 0 unspecified atom stereocenters. The Labute approximate surface area is 168 Å². The summed E-state index contributed by atoms with van der Waals surface area (Å²) in [6.07, 6.45) is 0.455. The molecule has 3 heterocycles. The molecule has 1 fully saturated rings. The Bertz CT molecular complexity index is 785. The van der Waals surface area contributed by atoms with Crippen LogP contribution in [0.15, 0.2) is 24.7 Å². The van der Waals surface area contributed by atoms with Crippen LogP contribution < -0.4 is 14.7 Å². The SMILES string of the molecule is CCCN(CCC)c1ncnc(N2CCN(c3ncccc3C(F)(F)F)CC2)n1. The van der Waals surface area contributed by atoms with Gasteiger partial charge < -0.3 is 14.7 Å². The molecule has 1 aliphatic heterocycles. The summed E-state index contributed by atoms with van der Waals surface area (Å²) < 4.78 is 39.8. The van der Waals surface area contributed by atoms with Crippen LogP contribution in [0.25, 0.3) is 0 Å². The van der Waals surface area contributed by atoms with Gasteiger partial charge in [-0.1, -0.05) is 13.8 Å². The Balaban J connectivity index is 1.71. The second-order valence-electron chi connectivity index (χ2n) is 6.92. The highest BCUT2D eigenvalue weighted by molar-refractivity contribution is 5.50. The van der Waals surface area contributed by atoms with Crippen LogP contribution >= 0.6 is 0 Å². The van der Waals surface area contributed by atoms with Crippen LogP contribution in [0.4, 0.5) is 30.9 Å². The molecular weight excluding hydrogens is 383 g/mol. The molecule has 0 amide bonds. The Kier molecular flexibility index (Phi) is 6.71. The van der Waals surface area contributed by atoms with E-state index >= 15 is 0 Å². The molecule has 0 spiro atoms. The second-order valence-corrected chi connectivity index (χ2v) is 6.92. The molecule has 1 saturated heterocycles. The molecule has 7 nitrogen and oxygen atoms in total. The third kappa shape index (κ3) is 5.04. The lowest BCUT2D eigenvalue weighted by Crippen LogP contribution is -2.48. The molecule has 0 N–H and O–H groups in total. The van der Waals surface area contributed by atoms with Gasteiger partial charge in [0.1, 0.15) is 12.1 Å². The zero-order chi connectivity index (χ0) is 20.9. The summed E-state index contributed by atoms with van der Waals surface area (Å²) in [4.78, 5) is 23.0. The molecule has 29 heavy (non-hydrogen) atoms. The Morgan fingerprint density at radius 3 is 2.24 bits per heavy atom. The largest absolute Gasteiger partial charge is 0.419 e. The van der Waals surface area contributed by atoms with E-state index in [1.165, 1.54) is 18.6 Å². The molecule has 0 radical (unpaired) electrons. The number of anilines is 3. The highest BCUT2D eigenvalue weighted by Gasteiger charge is 2.36. The van der Waals surface area contributed by atoms with Crippen molar-refractivity contribution in [1.29, 1.82) is 0 Å². The van der Waals surface area contributed by atoms with Gasteiger partial charge in [0.05, 0.1) is 5.56 Å². The van der Waals surface area contributed by atoms with Crippen LogP contribution in [-0.2, 0) is 6.18 Å². The third-order valence-corrected chi connectivity index (χ3v) is 4.77. The Morgan fingerprint density at radius 2 is 1.62 bits per heavy atom. The normalized spacial score (nSPS) is 14.9. The monoisotopic (exact) mass is 409 g/mol. The van der Waals surface area contributed by atoms with Crippen molar-refractivity contribution in [1.82, 2.24) is 19.9 Å². The van der Waals surface area contributed by atoms with Gasteiger partial charge >= 0.3 is 6.18 Å². The van der Waals surface area contributed by atoms with Crippen molar-refractivity contribution in [3.8, 4) is 0 Å². The molecule has 0 saturated carbocycles. The highest BCUT2D eigenvalue weighted by Crippen LogP contribution is 2.35. The van der Waals surface area contributed by atoms with E-state index in [4.69, 9.17) is 0 Å². The van der Waals surface area contributed by atoms with Crippen LogP contribution in [0.2, 0.25) is 0 Å². The van der Waals surface area contributed by atoms with Crippen LogP contribution in [0.5, 0.6) is 0 Å². The first kappa shape index (κ1) is 21.1. The molecule has 0 bridgehead atoms. The van der Waals surface area contributed by atoms with E-state index < -0.39 is 11.7 Å². The molecule has 158 valence electrons. The molecule has 0 aliphatic carbocycles. The van der Waals surface area contributed by atoms with Gasteiger partial charge in [-0.15, -0.1) is 0 Å². The smallest absolute Gasteiger partial charge is 0.353 e. The molecule has 2 aromatic rings. The van der Waals surface area contributed by atoms with Gasteiger partial charge in [-0.05, 0) is 25.0 Å². The van der Waals surface area contributed by atoms with Crippen LogP contribution in [0.1, 0.15) is 32.3 Å². The van der Waals surface area contributed by atoms with Gasteiger partial charge in [0.25, 0.3) is 0 Å². The number of alkyl halides is 3. The minimum absolute atomic E-state index is 0.0203. The number of pyridine rings is 1. The summed E-state index contributed by atoms with van der Waals surface area (Å²) in [5.74, 6) is 1.18. The zero-order valence-electron chi connectivity index (χ0n) is 16.7. The lowest BCUT2D eigenvalue weighted by atomic mass is 10.2. The molecule has 0 atom stereocenters. The van der Waals surface area contributed by atoms with E-state index in [-0.39, 0.29) is 5.82 Å². The number of halogens is 3. The predicted molar refractivity (Wildman–Crippen MR) is 106 cm³/mol. The number of piperazine rings is 1. The number of hydrogen-bond donors (Lipinski definition) is 0. The molecule has 10 heteroatoms. The van der Waals surface area contributed by atoms with Crippen molar-refractivity contribution in [2.75, 3.05) is 54.0 Å². The Morgan fingerprint density at radius 1 is 0.966 bits per heavy atom. The van der Waals surface area contributed by atoms with Gasteiger partial charge in [0, 0.05) is 45.5 Å². The zero-order valence-corrected chi connectivity index (χ0v) is 16.7. The maximum Gasteiger partial charge on any atom is 0.419 e. The molecular formula is C19H26F3N7. The van der Waals surface area contributed by atoms with E-state index in [1.54, 1.807) is 4.90 Å². The fourth-order valence-electron chi connectivity index (χ4n) is 3.42. The van der Waals surface area contributed by atoms with Crippen LogP contribution in [-0.4, -0.2) is 59.2 Å². The lowest BCUT2D eigenvalue weighted by Gasteiger charge is -2.36. The summed E-state index contributed by atoms with van der Waals surface area (Å²) >= 11 is 0. The van der Waals surface area contributed by atoms with E-state index in [0.717, 1.165) is 32.0 Å². The summed E-state index contributed by atoms with van der Waals surface area (Å²) in [5, 5.41) is 0. The van der Waals surface area contributed by atoms with Crippen molar-refractivity contribution in [3.05, 3.63) is 30.2 Å². The maximum absolute atomic E-state index is 13.3. The maximum atomic E-state index is 13.3. The van der Waals surface area contributed by atoms with Crippen LogP contribution in [0, 0.1) is 0 Å². The van der Waals surface area contributed by atoms with Crippen molar-refractivity contribution < 1.29 is 13.2 Å². The van der Waals surface area contributed by atoms with Gasteiger partial charge in [-0.3, -0.25) is 0 Å². The van der Waals surface area contributed by atoms with Crippen molar-refractivity contribution in [2.24, 2.45) is 0 Å². The number of nitrogens with zero attached hydrogens (tertiary/aromatic N) is 7. The van der Waals surface area contributed by atoms with Gasteiger partial charge in [-0.2, -0.15) is 18.2 Å². The molecule has 1 aliphatic rings. The van der Waals surface area contributed by atoms with Gasteiger partial charge in [-0.25, -0.2) is 15.0 Å². The first-order valence-corrected chi connectivity index (χ1v) is 9.90. The highest BCUT2D eigenvalue weighted by atomic mass is 19.4. The van der Waals surface area contributed by atoms with Gasteiger partial charge in [0.2, 0.25) is 11.9 Å². The second kappa shape index (κ2) is 9.23. The van der Waals surface area contributed by atoms with Crippen LogP contribution in [0.3, 0.4) is 0 Å². The predicted octanol–water partition coefficient (Wildman–Crippen LogP) is 3.24. The molecule has 2 aromatic heterocycles. The number of aromatic nitrogens is 4. The lowest BCUT2D eigenvalue weighted by molar-refractivity contribution is -0.137. The van der Waals surface area contributed by atoms with E-state index in [9.17, 15) is 13.2 Å². The fraction of sp³-hybridized carbons (Fsp3) is 0.579. The van der Waals surface area contributed by atoms with E-state index in [1.807, 2.05) is 4.90 Å². The quantitative estimate of drug-likeness (QED) is 0.696. The first-order chi connectivity index (χ1) is 13.9. The van der Waals surface area contributed by atoms with Crippen molar-refractivity contribution >= 4 is 17.7 Å². The number of hydrogen-bond acceptors (Lipinski definition) is 7. The van der Waals surface area contributed by atoms with Gasteiger partial charge in [0.15, 0.2) is 0 Å². The summed E-state index contributed by atoms with van der Waals surface area (Å²) in [7, 11) is 0. The number of rotatable bonds is 7.